The first-order valence-electron chi connectivity index (χ1n) is 6.16. The fraction of sp³-hybridized carbons (Fsp3) is 0.500. The summed E-state index contributed by atoms with van der Waals surface area (Å²) < 4.78 is 30.9. The van der Waals surface area contributed by atoms with Gasteiger partial charge in [-0.25, -0.2) is 13.2 Å². The minimum absolute atomic E-state index is 0.127. The third kappa shape index (κ3) is 4.26. The van der Waals surface area contributed by atoms with Gasteiger partial charge in [-0.2, -0.15) is 4.72 Å². The fourth-order valence-electron chi connectivity index (χ4n) is 1.55. The maximum absolute atomic E-state index is 12.2. The lowest BCUT2D eigenvalue weighted by molar-refractivity contribution is -0.140. The topological polar surface area (TPSA) is 110 Å². The minimum atomic E-state index is -4.00. The first-order valence-corrected chi connectivity index (χ1v) is 8.46. The van der Waals surface area contributed by atoms with Crippen LogP contribution in [0.25, 0.3) is 0 Å². The van der Waals surface area contributed by atoms with Crippen LogP contribution in [0.5, 0.6) is 0 Å². The van der Waals surface area contributed by atoms with E-state index in [0.29, 0.717) is 6.42 Å². The standard InChI is InChI=1S/C12H17NO6S2/c1-4-7(2)10(11(14)15)13-21(17,18)9-6-5-8(20-9)12(16)19-3/h5-7,10,13H,4H2,1-3H3,(H,14,15)/t7-,10-/m0/s1. The summed E-state index contributed by atoms with van der Waals surface area (Å²) in [4.78, 5) is 22.6. The van der Waals surface area contributed by atoms with Crippen LogP contribution in [-0.2, 0) is 19.6 Å². The lowest BCUT2D eigenvalue weighted by Crippen LogP contribution is -2.44. The number of methoxy groups -OCH3 is 1. The first-order chi connectivity index (χ1) is 9.72. The minimum Gasteiger partial charge on any atom is -0.480 e. The van der Waals surface area contributed by atoms with Crippen LogP contribution in [-0.4, -0.2) is 38.6 Å². The van der Waals surface area contributed by atoms with E-state index in [0.717, 1.165) is 11.3 Å². The summed E-state index contributed by atoms with van der Waals surface area (Å²) in [6, 6.07) is 1.35. The van der Waals surface area contributed by atoms with Gasteiger partial charge in [0.15, 0.2) is 0 Å². The summed E-state index contributed by atoms with van der Waals surface area (Å²) in [6.07, 6.45) is 0.511. The number of carbonyl (C=O) groups is 2. The van der Waals surface area contributed by atoms with Gasteiger partial charge in [-0.3, -0.25) is 4.79 Å². The molecule has 0 saturated heterocycles. The van der Waals surface area contributed by atoms with Gasteiger partial charge in [-0.1, -0.05) is 20.3 Å². The summed E-state index contributed by atoms with van der Waals surface area (Å²) in [6.45, 7) is 3.42. The lowest BCUT2D eigenvalue weighted by Gasteiger charge is -2.19. The van der Waals surface area contributed by atoms with Gasteiger partial charge >= 0.3 is 11.9 Å². The molecule has 0 radical (unpaired) electrons. The molecule has 0 fully saturated rings. The Hall–Kier alpha value is -1.45. The number of carbonyl (C=O) groups excluding carboxylic acids is 1. The molecule has 1 aromatic heterocycles. The van der Waals surface area contributed by atoms with Crippen molar-refractivity contribution in [1.29, 1.82) is 0 Å². The molecule has 9 heteroatoms. The molecule has 2 N–H and O–H groups in total. The first kappa shape index (κ1) is 17.6. The number of thiophene rings is 1. The maximum Gasteiger partial charge on any atom is 0.348 e. The predicted molar refractivity (Wildman–Crippen MR) is 76.9 cm³/mol. The maximum atomic E-state index is 12.2. The Balaban J connectivity index is 3.02. The van der Waals surface area contributed by atoms with Gasteiger partial charge in [0.2, 0.25) is 0 Å². The number of nitrogens with one attached hydrogen (secondary N) is 1. The summed E-state index contributed by atoms with van der Waals surface area (Å²) in [7, 11) is -2.81. The Morgan fingerprint density at radius 2 is 2.05 bits per heavy atom. The average molecular weight is 335 g/mol. The summed E-state index contributed by atoms with van der Waals surface area (Å²) in [5, 5.41) is 9.12. The van der Waals surface area contributed by atoms with Crippen LogP contribution in [0.1, 0.15) is 29.9 Å². The van der Waals surface area contributed by atoms with Gasteiger partial charge < -0.3 is 9.84 Å². The highest BCUT2D eigenvalue weighted by Crippen LogP contribution is 2.23. The van der Waals surface area contributed by atoms with Gasteiger partial charge in [0.05, 0.1) is 7.11 Å². The van der Waals surface area contributed by atoms with Crippen LogP contribution < -0.4 is 4.72 Å². The predicted octanol–water partition coefficient (Wildman–Crippen LogP) is 1.31. The van der Waals surface area contributed by atoms with Crippen molar-refractivity contribution in [2.45, 2.75) is 30.5 Å². The molecule has 0 aliphatic heterocycles. The molecule has 21 heavy (non-hydrogen) atoms. The van der Waals surface area contributed by atoms with Crippen molar-refractivity contribution < 1.29 is 27.9 Å². The third-order valence-electron chi connectivity index (χ3n) is 2.99. The molecule has 0 amide bonds. The van der Waals surface area contributed by atoms with Crippen LogP contribution in [0.4, 0.5) is 0 Å². The summed E-state index contributed by atoms with van der Waals surface area (Å²) >= 11 is 0.728. The van der Waals surface area contributed by atoms with E-state index in [2.05, 4.69) is 9.46 Å². The van der Waals surface area contributed by atoms with E-state index in [1.807, 2.05) is 0 Å². The van der Waals surface area contributed by atoms with Gasteiger partial charge in [0.25, 0.3) is 10.0 Å². The molecule has 0 saturated carbocycles. The van der Waals surface area contributed by atoms with Crippen LogP contribution >= 0.6 is 11.3 Å². The van der Waals surface area contributed by atoms with Crippen molar-refractivity contribution in [3.8, 4) is 0 Å². The Labute approximate surface area is 127 Å². The Bertz CT molecular complexity index is 621. The fourth-order valence-corrected chi connectivity index (χ4v) is 4.08. The van der Waals surface area contributed by atoms with E-state index in [1.54, 1.807) is 13.8 Å². The summed E-state index contributed by atoms with van der Waals surface area (Å²) in [5.74, 6) is -2.24. The second-order valence-corrected chi connectivity index (χ2v) is 7.46. The Kier molecular flexibility index (Phi) is 5.87. The lowest BCUT2D eigenvalue weighted by atomic mass is 10.0. The highest BCUT2D eigenvalue weighted by molar-refractivity contribution is 7.91. The van der Waals surface area contributed by atoms with Gasteiger partial charge in [-0.05, 0) is 18.1 Å². The number of carboxylic acids is 1. The van der Waals surface area contributed by atoms with Crippen LogP contribution in [0.3, 0.4) is 0 Å². The van der Waals surface area contributed by atoms with E-state index in [1.165, 1.54) is 19.2 Å². The number of carboxylic acid groups (broad SMARTS) is 1. The van der Waals surface area contributed by atoms with Crippen molar-refractivity contribution in [3.05, 3.63) is 17.0 Å². The molecule has 0 aromatic carbocycles. The molecule has 1 heterocycles. The Morgan fingerprint density at radius 1 is 1.43 bits per heavy atom. The van der Waals surface area contributed by atoms with Crippen molar-refractivity contribution >= 4 is 33.3 Å². The van der Waals surface area contributed by atoms with Crippen molar-refractivity contribution in [1.82, 2.24) is 4.72 Å². The largest absolute Gasteiger partial charge is 0.480 e. The zero-order valence-corrected chi connectivity index (χ0v) is 13.5. The van der Waals surface area contributed by atoms with E-state index in [-0.39, 0.29) is 15.0 Å². The SMILES string of the molecule is CC[C@H](C)[C@H](NS(=O)(=O)c1ccc(C(=O)OC)s1)C(=O)O. The van der Waals surface area contributed by atoms with Crippen LogP contribution in [0.15, 0.2) is 16.3 Å². The van der Waals surface area contributed by atoms with E-state index in [4.69, 9.17) is 5.11 Å². The third-order valence-corrected chi connectivity index (χ3v) is 5.99. The number of aliphatic carboxylic acids is 1. The summed E-state index contributed by atoms with van der Waals surface area (Å²) in [5.41, 5.74) is 0. The molecule has 1 aromatic rings. The van der Waals surface area contributed by atoms with E-state index in [9.17, 15) is 18.0 Å². The molecule has 1 rings (SSSR count). The second-order valence-electron chi connectivity index (χ2n) is 4.43. The average Bonchev–Trinajstić information content (AvgIpc) is 2.93. The van der Waals surface area contributed by atoms with Gasteiger partial charge in [-0.15, -0.1) is 11.3 Å². The number of esters is 1. The quantitative estimate of drug-likeness (QED) is 0.727. The molecule has 2 atom stereocenters. The van der Waals surface area contributed by atoms with Crippen LogP contribution in [0.2, 0.25) is 0 Å². The number of rotatable bonds is 7. The number of ether oxygens (including phenoxy) is 1. The second kappa shape index (κ2) is 7.01. The van der Waals surface area contributed by atoms with Crippen molar-refractivity contribution in [3.63, 3.8) is 0 Å². The van der Waals surface area contributed by atoms with Crippen molar-refractivity contribution in [2.24, 2.45) is 5.92 Å². The van der Waals surface area contributed by atoms with E-state index < -0.39 is 28.0 Å². The molecule has 0 aliphatic rings. The number of sulfonamides is 1. The van der Waals surface area contributed by atoms with Crippen LogP contribution in [0, 0.1) is 5.92 Å². The molecule has 0 unspecified atom stereocenters. The molecular formula is C12H17NO6S2. The molecule has 118 valence electrons. The molecule has 0 aliphatic carbocycles. The van der Waals surface area contributed by atoms with Crippen molar-refractivity contribution in [2.75, 3.05) is 7.11 Å². The molecular weight excluding hydrogens is 318 g/mol. The van der Waals surface area contributed by atoms with E-state index >= 15 is 0 Å². The van der Waals surface area contributed by atoms with Gasteiger partial charge in [0, 0.05) is 0 Å². The molecule has 7 nitrogen and oxygen atoms in total. The highest BCUT2D eigenvalue weighted by Gasteiger charge is 2.30. The normalized spacial score (nSPS) is 14.4. The Morgan fingerprint density at radius 3 is 2.52 bits per heavy atom. The molecule has 0 spiro atoms. The zero-order chi connectivity index (χ0) is 16.2. The number of hydrogen-bond donors (Lipinski definition) is 2. The molecule has 0 bridgehead atoms. The van der Waals surface area contributed by atoms with Gasteiger partial charge in [0.1, 0.15) is 15.1 Å². The number of hydrogen-bond acceptors (Lipinski definition) is 6. The smallest absolute Gasteiger partial charge is 0.348 e. The highest BCUT2D eigenvalue weighted by atomic mass is 32.2. The zero-order valence-electron chi connectivity index (χ0n) is 11.8. The monoisotopic (exact) mass is 335 g/mol.